The van der Waals surface area contributed by atoms with Crippen molar-refractivity contribution < 1.29 is 5.11 Å². The summed E-state index contributed by atoms with van der Waals surface area (Å²) in [4.78, 5) is 0. The molecule has 0 aliphatic rings. The summed E-state index contributed by atoms with van der Waals surface area (Å²) in [6, 6.07) is 0. The van der Waals surface area contributed by atoms with E-state index in [9.17, 15) is 0 Å². The number of rotatable bonds is 5. The first-order chi connectivity index (χ1) is 5.16. The molecular weight excluding hydrogens is 136 g/mol. The highest BCUT2D eigenvalue weighted by Gasteiger charge is 1.94. The van der Waals surface area contributed by atoms with Crippen molar-refractivity contribution in [2.75, 3.05) is 6.61 Å². The number of allylic oxidation sites excluding steroid dienone is 2. The van der Waals surface area contributed by atoms with E-state index < -0.39 is 0 Å². The second kappa shape index (κ2) is 6.41. The van der Waals surface area contributed by atoms with Gasteiger partial charge in [0.25, 0.3) is 0 Å². The van der Waals surface area contributed by atoms with Gasteiger partial charge in [-0.25, -0.2) is 0 Å². The molecule has 1 N–H and O–H groups in total. The van der Waals surface area contributed by atoms with Crippen molar-refractivity contribution >= 4 is 0 Å². The van der Waals surface area contributed by atoms with Gasteiger partial charge in [-0.1, -0.05) is 25.5 Å². The van der Waals surface area contributed by atoms with Crippen LogP contribution in [0.5, 0.6) is 0 Å². The Morgan fingerprint density at radius 3 is 2.55 bits per heavy atom. The van der Waals surface area contributed by atoms with Crippen LogP contribution < -0.4 is 0 Å². The molecule has 0 aromatic carbocycles. The molecule has 0 saturated heterocycles. The highest BCUT2D eigenvalue weighted by atomic mass is 16.2. The highest BCUT2D eigenvalue weighted by molar-refractivity contribution is 4.98. The summed E-state index contributed by atoms with van der Waals surface area (Å²) in [6.45, 7) is 6.93. The van der Waals surface area contributed by atoms with Crippen LogP contribution in [-0.2, 0) is 0 Å². The number of aliphatic hydroxyl groups excluding tert-OH is 1. The molecule has 0 fully saturated rings. The third kappa shape index (κ3) is 7.60. The van der Waals surface area contributed by atoms with Gasteiger partial charge in [-0.3, -0.25) is 0 Å². The van der Waals surface area contributed by atoms with Crippen molar-refractivity contribution in [2.24, 2.45) is 5.92 Å². The zero-order valence-corrected chi connectivity index (χ0v) is 7.93. The van der Waals surface area contributed by atoms with E-state index in [1.807, 2.05) is 0 Å². The summed E-state index contributed by atoms with van der Waals surface area (Å²) < 4.78 is 0. The van der Waals surface area contributed by atoms with Crippen LogP contribution in [0.1, 0.15) is 40.0 Å². The molecular formula is C10H20O. The number of aliphatic hydroxyl groups is 1. The van der Waals surface area contributed by atoms with Gasteiger partial charge in [-0.15, -0.1) is 0 Å². The first-order valence-electron chi connectivity index (χ1n) is 4.43. The van der Waals surface area contributed by atoms with Crippen molar-refractivity contribution in [1.29, 1.82) is 0 Å². The molecule has 11 heavy (non-hydrogen) atoms. The number of hydrogen-bond acceptors (Lipinski definition) is 1. The van der Waals surface area contributed by atoms with Crippen molar-refractivity contribution in [1.82, 2.24) is 0 Å². The lowest BCUT2D eigenvalue weighted by atomic mass is 10.0. The van der Waals surface area contributed by atoms with Crippen molar-refractivity contribution in [2.45, 2.75) is 40.0 Å². The van der Waals surface area contributed by atoms with Gasteiger partial charge in [-0.2, -0.15) is 0 Å². The van der Waals surface area contributed by atoms with Gasteiger partial charge in [0, 0.05) is 6.61 Å². The van der Waals surface area contributed by atoms with Crippen LogP contribution in [0.4, 0.5) is 0 Å². The van der Waals surface area contributed by atoms with Gasteiger partial charge in [0.2, 0.25) is 0 Å². The standard InChI is InChI=1S/C10H20O/c1-9(2)8-10(3)6-4-5-7-11/h6,9,11H,4-5,7-8H2,1-3H3/b10-6-. The fourth-order valence-electron chi connectivity index (χ4n) is 1.17. The Bertz CT molecular complexity index is 114. The summed E-state index contributed by atoms with van der Waals surface area (Å²) in [7, 11) is 0. The van der Waals surface area contributed by atoms with Crippen LogP contribution in [0, 0.1) is 5.92 Å². The Balaban J connectivity index is 3.46. The first kappa shape index (κ1) is 10.7. The fourth-order valence-corrected chi connectivity index (χ4v) is 1.17. The average molecular weight is 156 g/mol. The Morgan fingerprint density at radius 2 is 2.09 bits per heavy atom. The lowest BCUT2D eigenvalue weighted by Crippen LogP contribution is -1.88. The van der Waals surface area contributed by atoms with E-state index in [0.29, 0.717) is 6.61 Å². The average Bonchev–Trinajstić information content (AvgIpc) is 1.86. The van der Waals surface area contributed by atoms with Gasteiger partial charge in [0.1, 0.15) is 0 Å². The summed E-state index contributed by atoms with van der Waals surface area (Å²) in [5.74, 6) is 0.750. The van der Waals surface area contributed by atoms with Crippen LogP contribution in [0.2, 0.25) is 0 Å². The number of hydrogen-bond donors (Lipinski definition) is 1. The molecule has 0 spiro atoms. The van der Waals surface area contributed by atoms with Gasteiger partial charge in [-0.05, 0) is 32.1 Å². The van der Waals surface area contributed by atoms with E-state index in [1.165, 1.54) is 12.0 Å². The molecule has 1 nitrogen and oxygen atoms in total. The van der Waals surface area contributed by atoms with Gasteiger partial charge in [0.15, 0.2) is 0 Å². The number of unbranched alkanes of at least 4 members (excludes halogenated alkanes) is 1. The van der Waals surface area contributed by atoms with Crippen LogP contribution in [-0.4, -0.2) is 11.7 Å². The Morgan fingerprint density at radius 1 is 1.45 bits per heavy atom. The fraction of sp³-hybridized carbons (Fsp3) is 0.800. The monoisotopic (exact) mass is 156 g/mol. The molecule has 0 radical (unpaired) electrons. The highest BCUT2D eigenvalue weighted by Crippen LogP contribution is 2.10. The van der Waals surface area contributed by atoms with E-state index in [0.717, 1.165) is 18.8 Å². The van der Waals surface area contributed by atoms with E-state index in [2.05, 4.69) is 26.8 Å². The molecule has 0 aromatic heterocycles. The summed E-state index contributed by atoms with van der Waals surface area (Å²) in [5, 5.41) is 8.53. The minimum absolute atomic E-state index is 0.311. The smallest absolute Gasteiger partial charge is 0.0433 e. The maximum Gasteiger partial charge on any atom is 0.0433 e. The molecule has 0 aromatic rings. The van der Waals surface area contributed by atoms with E-state index >= 15 is 0 Å². The maximum atomic E-state index is 8.53. The predicted molar refractivity (Wildman–Crippen MR) is 49.5 cm³/mol. The lowest BCUT2D eigenvalue weighted by Gasteiger charge is -2.03. The largest absolute Gasteiger partial charge is 0.396 e. The molecule has 0 unspecified atom stereocenters. The molecule has 0 rings (SSSR count). The molecule has 0 aliphatic carbocycles. The molecule has 0 amide bonds. The van der Waals surface area contributed by atoms with Crippen LogP contribution in [0.25, 0.3) is 0 Å². The molecule has 0 atom stereocenters. The predicted octanol–water partition coefficient (Wildman–Crippen LogP) is 2.75. The summed E-state index contributed by atoms with van der Waals surface area (Å²) in [6.07, 6.45) is 5.34. The van der Waals surface area contributed by atoms with E-state index in [4.69, 9.17) is 5.11 Å². The molecule has 0 heterocycles. The summed E-state index contributed by atoms with van der Waals surface area (Å²) >= 11 is 0. The van der Waals surface area contributed by atoms with Gasteiger partial charge >= 0.3 is 0 Å². The minimum Gasteiger partial charge on any atom is -0.396 e. The normalized spacial score (nSPS) is 12.6. The quantitative estimate of drug-likeness (QED) is 0.479. The Kier molecular flexibility index (Phi) is 6.24. The van der Waals surface area contributed by atoms with Crippen molar-refractivity contribution in [3.8, 4) is 0 Å². The van der Waals surface area contributed by atoms with E-state index in [-0.39, 0.29) is 0 Å². The lowest BCUT2D eigenvalue weighted by molar-refractivity contribution is 0.289. The first-order valence-corrected chi connectivity index (χ1v) is 4.43. The zero-order chi connectivity index (χ0) is 8.69. The second-order valence-corrected chi connectivity index (χ2v) is 3.51. The van der Waals surface area contributed by atoms with Gasteiger partial charge in [0.05, 0.1) is 0 Å². The molecule has 0 aliphatic heterocycles. The third-order valence-electron chi connectivity index (χ3n) is 1.59. The molecule has 66 valence electrons. The maximum absolute atomic E-state index is 8.53. The Labute approximate surface area is 70.1 Å². The molecule has 0 bridgehead atoms. The van der Waals surface area contributed by atoms with Crippen molar-refractivity contribution in [3.63, 3.8) is 0 Å². The van der Waals surface area contributed by atoms with Crippen LogP contribution >= 0.6 is 0 Å². The van der Waals surface area contributed by atoms with Crippen LogP contribution in [0.15, 0.2) is 11.6 Å². The summed E-state index contributed by atoms with van der Waals surface area (Å²) in [5.41, 5.74) is 1.45. The Hall–Kier alpha value is -0.300. The second-order valence-electron chi connectivity index (χ2n) is 3.51. The molecule has 1 heteroatoms. The zero-order valence-electron chi connectivity index (χ0n) is 7.93. The topological polar surface area (TPSA) is 20.2 Å². The third-order valence-corrected chi connectivity index (χ3v) is 1.59. The SMILES string of the molecule is C/C(=C/CCCO)CC(C)C. The van der Waals surface area contributed by atoms with E-state index in [1.54, 1.807) is 0 Å². The van der Waals surface area contributed by atoms with Crippen molar-refractivity contribution in [3.05, 3.63) is 11.6 Å². The van der Waals surface area contributed by atoms with Gasteiger partial charge < -0.3 is 5.11 Å². The molecule has 0 saturated carbocycles. The van der Waals surface area contributed by atoms with Crippen LogP contribution in [0.3, 0.4) is 0 Å². The minimum atomic E-state index is 0.311.